The largest absolute Gasteiger partial charge is 0.401 e. The summed E-state index contributed by atoms with van der Waals surface area (Å²) in [7, 11) is -4.08. The van der Waals surface area contributed by atoms with Gasteiger partial charge in [-0.1, -0.05) is 0 Å². The Labute approximate surface area is 112 Å². The number of nitrogens with two attached hydrogens (primary N) is 1. The van der Waals surface area contributed by atoms with E-state index in [4.69, 9.17) is 14.8 Å². The third-order valence-corrected chi connectivity index (χ3v) is 4.79. The molecule has 0 bridgehead atoms. The molecule has 0 fully saturated rings. The first-order valence-corrected chi connectivity index (χ1v) is 8.17. The van der Waals surface area contributed by atoms with Crippen molar-refractivity contribution in [3.8, 4) is 0 Å². The van der Waals surface area contributed by atoms with E-state index in [0.717, 1.165) is 16.0 Å². The quantitative estimate of drug-likeness (QED) is 0.788. The Hall–Kier alpha value is -0.230. The minimum absolute atomic E-state index is 0.187. The summed E-state index contributed by atoms with van der Waals surface area (Å²) in [5, 5.41) is 1.98. The lowest BCUT2D eigenvalue weighted by atomic mass is 10.0. The Bertz CT molecular complexity index is 456. The molecular formula is C11H20NO4PS. The normalized spacial score (nSPS) is 18.3. The molecule has 5 nitrogen and oxygen atoms in total. The standard InChI is InChI=1S/C11H20NO4PS/c1-5-15-7-11(4,16-17(12,13)14)10-9(3)8(2)6-18-10/h6H,5,7H2,1-4H3,(H3,12,13,14). The first-order valence-electron chi connectivity index (χ1n) is 5.64. The van der Waals surface area contributed by atoms with Gasteiger partial charge in [-0.25, -0.2) is 10.1 Å². The minimum Gasteiger partial charge on any atom is -0.378 e. The molecule has 104 valence electrons. The SMILES string of the molecule is CCOCC(C)(OP(N)(=O)O)c1scc(C)c1C. The molecule has 18 heavy (non-hydrogen) atoms. The molecule has 0 aromatic carbocycles. The van der Waals surface area contributed by atoms with Gasteiger partial charge in [0.1, 0.15) is 5.60 Å². The zero-order valence-corrected chi connectivity index (χ0v) is 12.8. The second-order valence-corrected chi connectivity index (χ2v) is 6.59. The van der Waals surface area contributed by atoms with Gasteiger partial charge in [0.25, 0.3) is 0 Å². The van der Waals surface area contributed by atoms with Crippen LogP contribution in [-0.2, 0) is 19.4 Å². The molecule has 1 rings (SSSR count). The lowest BCUT2D eigenvalue weighted by molar-refractivity contribution is -0.0192. The van der Waals surface area contributed by atoms with Gasteiger partial charge in [-0.15, -0.1) is 11.3 Å². The van der Waals surface area contributed by atoms with Crippen molar-refractivity contribution in [1.29, 1.82) is 0 Å². The van der Waals surface area contributed by atoms with Gasteiger partial charge in [-0.2, -0.15) is 0 Å². The van der Waals surface area contributed by atoms with Crippen LogP contribution >= 0.6 is 19.1 Å². The van der Waals surface area contributed by atoms with E-state index in [1.807, 2.05) is 26.2 Å². The number of hydrogen-bond acceptors (Lipinski definition) is 4. The molecule has 0 spiro atoms. The van der Waals surface area contributed by atoms with Gasteiger partial charge < -0.3 is 9.63 Å². The molecule has 2 unspecified atom stereocenters. The summed E-state index contributed by atoms with van der Waals surface area (Å²) in [6.45, 7) is 8.20. The van der Waals surface area contributed by atoms with Crippen molar-refractivity contribution in [3.63, 3.8) is 0 Å². The highest BCUT2D eigenvalue weighted by Crippen LogP contribution is 2.45. The van der Waals surface area contributed by atoms with Crippen LogP contribution in [0.15, 0.2) is 5.38 Å². The van der Waals surface area contributed by atoms with Crippen LogP contribution in [-0.4, -0.2) is 18.1 Å². The van der Waals surface area contributed by atoms with E-state index in [-0.39, 0.29) is 6.61 Å². The average molecular weight is 293 g/mol. The minimum atomic E-state index is -4.08. The molecule has 0 aliphatic rings. The predicted molar refractivity (Wildman–Crippen MR) is 72.7 cm³/mol. The smallest absolute Gasteiger partial charge is 0.378 e. The highest BCUT2D eigenvalue weighted by atomic mass is 32.1. The van der Waals surface area contributed by atoms with Gasteiger partial charge in [0, 0.05) is 11.5 Å². The van der Waals surface area contributed by atoms with Crippen LogP contribution in [0.4, 0.5) is 0 Å². The Morgan fingerprint density at radius 2 is 2.17 bits per heavy atom. The van der Waals surface area contributed by atoms with E-state index >= 15 is 0 Å². The molecule has 0 amide bonds. The van der Waals surface area contributed by atoms with Crippen LogP contribution < -0.4 is 5.50 Å². The predicted octanol–water partition coefficient (Wildman–Crippen LogP) is 2.69. The van der Waals surface area contributed by atoms with Crippen molar-refractivity contribution in [2.75, 3.05) is 13.2 Å². The van der Waals surface area contributed by atoms with E-state index in [9.17, 15) is 9.46 Å². The summed E-state index contributed by atoms with van der Waals surface area (Å²) in [6, 6.07) is 0. The fourth-order valence-corrected chi connectivity index (χ4v) is 3.69. The van der Waals surface area contributed by atoms with Crippen molar-refractivity contribution in [2.45, 2.75) is 33.3 Å². The van der Waals surface area contributed by atoms with E-state index in [2.05, 4.69) is 0 Å². The zero-order valence-electron chi connectivity index (χ0n) is 11.1. The van der Waals surface area contributed by atoms with E-state index in [1.54, 1.807) is 6.92 Å². The van der Waals surface area contributed by atoms with Crippen LogP contribution in [0.3, 0.4) is 0 Å². The average Bonchev–Trinajstić information content (AvgIpc) is 2.55. The Morgan fingerprint density at radius 3 is 2.56 bits per heavy atom. The van der Waals surface area contributed by atoms with Crippen LogP contribution in [0.2, 0.25) is 0 Å². The molecular weight excluding hydrogens is 273 g/mol. The molecule has 7 heteroatoms. The molecule has 0 aliphatic heterocycles. The van der Waals surface area contributed by atoms with Crippen LogP contribution in [0, 0.1) is 13.8 Å². The third kappa shape index (κ3) is 3.88. The highest BCUT2D eigenvalue weighted by molar-refractivity contribution is 7.50. The maximum absolute atomic E-state index is 11.3. The lowest BCUT2D eigenvalue weighted by Gasteiger charge is -2.30. The van der Waals surface area contributed by atoms with Crippen molar-refractivity contribution in [2.24, 2.45) is 5.50 Å². The molecule has 0 saturated heterocycles. The Balaban J connectivity index is 3.11. The summed E-state index contributed by atoms with van der Waals surface area (Å²) in [5.41, 5.74) is 6.28. The monoisotopic (exact) mass is 293 g/mol. The van der Waals surface area contributed by atoms with Crippen molar-refractivity contribution < 1.29 is 18.7 Å². The third-order valence-electron chi connectivity index (χ3n) is 2.68. The summed E-state index contributed by atoms with van der Waals surface area (Å²) in [4.78, 5) is 10.1. The molecule has 1 aromatic rings. The van der Waals surface area contributed by atoms with Crippen LogP contribution in [0.1, 0.15) is 29.9 Å². The van der Waals surface area contributed by atoms with Crippen molar-refractivity contribution in [1.82, 2.24) is 0 Å². The first-order chi connectivity index (χ1) is 8.19. The lowest BCUT2D eigenvalue weighted by Crippen LogP contribution is -2.31. The molecule has 2 atom stereocenters. The topological polar surface area (TPSA) is 81.8 Å². The van der Waals surface area contributed by atoms with Gasteiger partial charge in [0.15, 0.2) is 0 Å². The number of ether oxygens (including phenoxy) is 1. The number of rotatable bonds is 6. The number of aryl methyl sites for hydroxylation is 1. The van der Waals surface area contributed by atoms with Gasteiger partial charge in [-0.05, 0) is 44.2 Å². The van der Waals surface area contributed by atoms with Gasteiger partial charge in [-0.3, -0.25) is 4.52 Å². The van der Waals surface area contributed by atoms with Gasteiger partial charge in [0.05, 0.1) is 6.61 Å². The second kappa shape index (κ2) is 5.82. The molecule has 3 N–H and O–H groups in total. The summed E-state index contributed by atoms with van der Waals surface area (Å²) in [5.74, 6) is 0. The molecule has 0 radical (unpaired) electrons. The van der Waals surface area contributed by atoms with E-state index < -0.39 is 13.3 Å². The second-order valence-electron chi connectivity index (χ2n) is 4.40. The first kappa shape index (κ1) is 15.8. The van der Waals surface area contributed by atoms with Crippen LogP contribution in [0.25, 0.3) is 0 Å². The summed E-state index contributed by atoms with van der Waals surface area (Å²) < 4.78 is 21.9. The Morgan fingerprint density at radius 1 is 1.56 bits per heavy atom. The zero-order chi connectivity index (χ0) is 14.0. The van der Waals surface area contributed by atoms with Gasteiger partial charge in [0.2, 0.25) is 0 Å². The molecule has 0 aliphatic carbocycles. The maximum atomic E-state index is 11.3. The van der Waals surface area contributed by atoms with Gasteiger partial charge >= 0.3 is 7.75 Å². The van der Waals surface area contributed by atoms with E-state index in [0.29, 0.717) is 6.61 Å². The van der Waals surface area contributed by atoms with Crippen LogP contribution in [0.5, 0.6) is 0 Å². The molecule has 1 heterocycles. The number of thiophene rings is 1. The fraction of sp³-hybridized carbons (Fsp3) is 0.636. The highest BCUT2D eigenvalue weighted by Gasteiger charge is 2.37. The van der Waals surface area contributed by atoms with E-state index in [1.165, 1.54) is 11.3 Å². The van der Waals surface area contributed by atoms with Crippen molar-refractivity contribution in [3.05, 3.63) is 21.4 Å². The number of hydrogen-bond donors (Lipinski definition) is 2. The fourth-order valence-electron chi connectivity index (χ4n) is 1.74. The Kier molecular flexibility index (Phi) is 5.12. The van der Waals surface area contributed by atoms with Crippen molar-refractivity contribution >= 4 is 19.1 Å². The summed E-state index contributed by atoms with van der Waals surface area (Å²) >= 11 is 1.48. The molecule has 1 aromatic heterocycles. The molecule has 0 saturated carbocycles. The maximum Gasteiger partial charge on any atom is 0.401 e. The summed E-state index contributed by atoms with van der Waals surface area (Å²) in [6.07, 6.45) is 0.